The van der Waals surface area contributed by atoms with E-state index in [-0.39, 0.29) is 0 Å². The molecule has 1 aromatic heterocycles. The average Bonchev–Trinajstić information content (AvgIpc) is 2.98. The van der Waals surface area contributed by atoms with Gasteiger partial charge in [0.05, 0.1) is 11.9 Å². The Kier molecular flexibility index (Phi) is 2.80. The number of anilines is 2. The molecule has 1 aliphatic rings. The van der Waals surface area contributed by atoms with Crippen LogP contribution in [0.4, 0.5) is 11.5 Å². The first-order valence-electron chi connectivity index (χ1n) is 5.71. The van der Waals surface area contributed by atoms with Crippen LogP contribution in [0.5, 0.6) is 0 Å². The summed E-state index contributed by atoms with van der Waals surface area (Å²) in [5.74, 6) is 1.12. The maximum Gasteiger partial charge on any atom is 0.131 e. The molecule has 1 aliphatic carbocycles. The van der Waals surface area contributed by atoms with Gasteiger partial charge in [0.25, 0.3) is 0 Å². The Labute approximate surface area is 91.3 Å². The summed E-state index contributed by atoms with van der Waals surface area (Å²) in [6, 6.07) is 2.73. The predicted molar refractivity (Wildman–Crippen MR) is 64.0 cm³/mol. The SMILES string of the molecule is CCCN(c1ncc(N)cc1C)C1CC1. The molecule has 0 aromatic carbocycles. The van der Waals surface area contributed by atoms with Gasteiger partial charge in [-0.2, -0.15) is 0 Å². The molecule has 0 atom stereocenters. The molecular weight excluding hydrogens is 186 g/mol. The molecule has 3 heteroatoms. The second-order valence-corrected chi connectivity index (χ2v) is 4.33. The number of aryl methyl sites for hydroxylation is 1. The van der Waals surface area contributed by atoms with Crippen LogP contribution >= 0.6 is 0 Å². The zero-order valence-electron chi connectivity index (χ0n) is 9.53. The van der Waals surface area contributed by atoms with Gasteiger partial charge >= 0.3 is 0 Å². The molecule has 0 amide bonds. The molecular formula is C12H19N3. The van der Waals surface area contributed by atoms with E-state index in [4.69, 9.17) is 5.73 Å². The standard InChI is InChI=1S/C12H19N3/c1-3-6-15(11-4-5-11)12-9(2)7-10(13)8-14-12/h7-8,11H,3-6,13H2,1-2H3. The third-order valence-corrected chi connectivity index (χ3v) is 2.80. The van der Waals surface area contributed by atoms with E-state index in [0.29, 0.717) is 0 Å². The normalized spacial score (nSPS) is 15.3. The molecule has 1 heterocycles. The largest absolute Gasteiger partial charge is 0.397 e. The highest BCUT2D eigenvalue weighted by atomic mass is 15.2. The molecule has 82 valence electrons. The van der Waals surface area contributed by atoms with E-state index >= 15 is 0 Å². The molecule has 0 bridgehead atoms. The molecule has 1 aromatic rings. The predicted octanol–water partition coefficient (Wildman–Crippen LogP) is 2.35. The third-order valence-electron chi connectivity index (χ3n) is 2.80. The van der Waals surface area contributed by atoms with E-state index in [1.165, 1.54) is 24.8 Å². The zero-order chi connectivity index (χ0) is 10.8. The number of nitrogen functional groups attached to an aromatic ring is 1. The number of nitrogens with two attached hydrogens (primary N) is 1. The van der Waals surface area contributed by atoms with Gasteiger partial charge in [0.15, 0.2) is 0 Å². The highest BCUT2D eigenvalue weighted by Gasteiger charge is 2.30. The number of pyridine rings is 1. The smallest absolute Gasteiger partial charge is 0.131 e. The van der Waals surface area contributed by atoms with Crippen LogP contribution in [-0.4, -0.2) is 17.6 Å². The molecule has 0 unspecified atom stereocenters. The van der Waals surface area contributed by atoms with Crippen LogP contribution in [0.1, 0.15) is 31.7 Å². The first-order valence-corrected chi connectivity index (χ1v) is 5.71. The fourth-order valence-corrected chi connectivity index (χ4v) is 1.98. The van der Waals surface area contributed by atoms with Crippen molar-refractivity contribution in [3.63, 3.8) is 0 Å². The van der Waals surface area contributed by atoms with Gasteiger partial charge < -0.3 is 10.6 Å². The van der Waals surface area contributed by atoms with E-state index in [1.54, 1.807) is 6.20 Å². The van der Waals surface area contributed by atoms with E-state index in [9.17, 15) is 0 Å². The quantitative estimate of drug-likeness (QED) is 0.820. The van der Waals surface area contributed by atoms with E-state index in [1.807, 2.05) is 6.07 Å². The van der Waals surface area contributed by atoms with Gasteiger partial charge in [0.1, 0.15) is 5.82 Å². The minimum atomic E-state index is 0.722. The number of rotatable bonds is 4. The van der Waals surface area contributed by atoms with Gasteiger partial charge in [-0.05, 0) is 37.8 Å². The topological polar surface area (TPSA) is 42.2 Å². The van der Waals surface area contributed by atoms with E-state index in [2.05, 4.69) is 23.7 Å². The number of hydrogen-bond donors (Lipinski definition) is 1. The Morgan fingerprint density at radius 2 is 2.27 bits per heavy atom. The molecule has 2 N–H and O–H groups in total. The molecule has 1 fully saturated rings. The van der Waals surface area contributed by atoms with Crippen molar-refractivity contribution in [1.82, 2.24) is 4.98 Å². The van der Waals surface area contributed by atoms with Crippen molar-refractivity contribution in [1.29, 1.82) is 0 Å². The van der Waals surface area contributed by atoms with Gasteiger partial charge in [-0.1, -0.05) is 6.92 Å². The summed E-state index contributed by atoms with van der Waals surface area (Å²) < 4.78 is 0. The van der Waals surface area contributed by atoms with Crippen molar-refractivity contribution in [2.24, 2.45) is 0 Å². The van der Waals surface area contributed by atoms with E-state index in [0.717, 1.165) is 24.1 Å². The Hall–Kier alpha value is -1.25. The van der Waals surface area contributed by atoms with Crippen molar-refractivity contribution >= 4 is 11.5 Å². The van der Waals surface area contributed by atoms with Crippen LogP contribution in [0.3, 0.4) is 0 Å². The van der Waals surface area contributed by atoms with Crippen LogP contribution in [0.25, 0.3) is 0 Å². The van der Waals surface area contributed by atoms with Crippen molar-refractivity contribution in [3.8, 4) is 0 Å². The Morgan fingerprint density at radius 1 is 1.53 bits per heavy atom. The minimum absolute atomic E-state index is 0.722. The van der Waals surface area contributed by atoms with Crippen molar-refractivity contribution in [2.75, 3.05) is 17.2 Å². The number of hydrogen-bond acceptors (Lipinski definition) is 3. The van der Waals surface area contributed by atoms with Crippen LogP contribution in [0.15, 0.2) is 12.3 Å². The molecule has 2 rings (SSSR count). The van der Waals surface area contributed by atoms with Crippen molar-refractivity contribution < 1.29 is 0 Å². The summed E-state index contributed by atoms with van der Waals surface area (Å²) in [5, 5.41) is 0. The number of nitrogens with zero attached hydrogens (tertiary/aromatic N) is 2. The lowest BCUT2D eigenvalue weighted by Gasteiger charge is -2.24. The first kappa shape index (κ1) is 10.3. The second-order valence-electron chi connectivity index (χ2n) is 4.33. The van der Waals surface area contributed by atoms with Gasteiger partial charge in [0.2, 0.25) is 0 Å². The maximum atomic E-state index is 5.71. The lowest BCUT2D eigenvalue weighted by molar-refractivity contribution is 0.747. The molecule has 3 nitrogen and oxygen atoms in total. The summed E-state index contributed by atoms with van der Waals surface area (Å²) in [5.41, 5.74) is 7.66. The van der Waals surface area contributed by atoms with Gasteiger partial charge in [-0.3, -0.25) is 0 Å². The Balaban J connectivity index is 2.24. The highest BCUT2D eigenvalue weighted by molar-refractivity contribution is 5.53. The third kappa shape index (κ3) is 2.22. The molecule has 0 radical (unpaired) electrons. The van der Waals surface area contributed by atoms with E-state index < -0.39 is 0 Å². The Bertz CT molecular complexity index is 345. The summed E-state index contributed by atoms with van der Waals surface area (Å²) in [6.07, 6.45) is 5.55. The fourth-order valence-electron chi connectivity index (χ4n) is 1.98. The molecule has 1 saturated carbocycles. The summed E-state index contributed by atoms with van der Waals surface area (Å²) in [6.45, 7) is 5.40. The number of aromatic nitrogens is 1. The maximum absolute atomic E-state index is 5.71. The lowest BCUT2D eigenvalue weighted by Crippen LogP contribution is -2.28. The molecule has 15 heavy (non-hydrogen) atoms. The van der Waals surface area contributed by atoms with Gasteiger partial charge in [0, 0.05) is 12.6 Å². The van der Waals surface area contributed by atoms with Gasteiger partial charge in [-0.25, -0.2) is 4.98 Å². The average molecular weight is 205 g/mol. The second kappa shape index (κ2) is 4.09. The van der Waals surface area contributed by atoms with Crippen LogP contribution in [0, 0.1) is 6.92 Å². The van der Waals surface area contributed by atoms with Crippen LogP contribution in [-0.2, 0) is 0 Å². The lowest BCUT2D eigenvalue weighted by atomic mass is 10.2. The van der Waals surface area contributed by atoms with Crippen molar-refractivity contribution in [3.05, 3.63) is 17.8 Å². The van der Waals surface area contributed by atoms with Crippen molar-refractivity contribution in [2.45, 2.75) is 39.2 Å². The fraction of sp³-hybridized carbons (Fsp3) is 0.583. The minimum Gasteiger partial charge on any atom is -0.397 e. The zero-order valence-corrected chi connectivity index (χ0v) is 9.53. The van der Waals surface area contributed by atoms with Gasteiger partial charge in [-0.15, -0.1) is 0 Å². The Morgan fingerprint density at radius 3 is 2.80 bits per heavy atom. The molecule has 0 saturated heterocycles. The summed E-state index contributed by atoms with van der Waals surface area (Å²) in [4.78, 5) is 6.88. The summed E-state index contributed by atoms with van der Waals surface area (Å²) in [7, 11) is 0. The van der Waals surface area contributed by atoms with Crippen LogP contribution < -0.4 is 10.6 Å². The highest BCUT2D eigenvalue weighted by Crippen LogP contribution is 2.32. The molecule has 0 spiro atoms. The van der Waals surface area contributed by atoms with Crippen LogP contribution in [0.2, 0.25) is 0 Å². The molecule has 0 aliphatic heterocycles. The first-order chi connectivity index (χ1) is 7.22. The summed E-state index contributed by atoms with van der Waals surface area (Å²) >= 11 is 0. The monoisotopic (exact) mass is 205 g/mol.